The number of morpholine rings is 1. The maximum absolute atomic E-state index is 12.8. The smallest absolute Gasteiger partial charge is 0.288 e. The van der Waals surface area contributed by atoms with Gasteiger partial charge in [-0.05, 0) is 24.5 Å². The Morgan fingerprint density at radius 1 is 1.19 bits per heavy atom. The molecule has 1 aromatic carbocycles. The lowest BCUT2D eigenvalue weighted by molar-refractivity contribution is 0.0357. The molecule has 2 heterocycles. The van der Waals surface area contributed by atoms with Crippen molar-refractivity contribution in [3.8, 4) is 11.4 Å². The first kappa shape index (κ1) is 19.0. The van der Waals surface area contributed by atoms with Gasteiger partial charge in [-0.2, -0.15) is 0 Å². The highest BCUT2D eigenvalue weighted by molar-refractivity contribution is 6.33. The predicted octanol–water partition coefficient (Wildman–Crippen LogP) is 2.49. The third-order valence-electron chi connectivity index (χ3n) is 4.39. The molecular weight excluding hydrogens is 352 g/mol. The Bertz CT molecular complexity index is 800. The Balaban J connectivity index is 1.92. The fourth-order valence-electron chi connectivity index (χ4n) is 3.00. The van der Waals surface area contributed by atoms with Crippen LogP contribution in [0.15, 0.2) is 29.1 Å². The van der Waals surface area contributed by atoms with Crippen LogP contribution in [0.1, 0.15) is 19.5 Å². The van der Waals surface area contributed by atoms with Gasteiger partial charge in [0.1, 0.15) is 5.69 Å². The van der Waals surface area contributed by atoms with Crippen LogP contribution in [0, 0.1) is 5.92 Å². The summed E-state index contributed by atoms with van der Waals surface area (Å²) < 4.78 is 6.92. The molecule has 0 radical (unpaired) electrons. The lowest BCUT2D eigenvalue weighted by Gasteiger charge is -2.26. The molecule has 0 unspecified atom stereocenters. The highest BCUT2D eigenvalue weighted by atomic mass is 35.5. The topological polar surface area (TPSA) is 60.3 Å². The number of rotatable bonds is 6. The molecule has 3 rings (SSSR count). The van der Waals surface area contributed by atoms with Crippen molar-refractivity contribution in [1.29, 1.82) is 0 Å². The van der Waals surface area contributed by atoms with Crippen molar-refractivity contribution in [3.63, 3.8) is 0 Å². The standard InChI is InChI=1S/C19H25ClN4O2/c1-14(2)13-17-19(25)24(8-7-23-9-11-26-12-10-23)22-18(21-17)15-5-3-4-6-16(15)20/h3-6,14H,7-13H2,1-2H3. The zero-order valence-corrected chi connectivity index (χ0v) is 16.1. The van der Waals surface area contributed by atoms with E-state index in [1.807, 2.05) is 24.3 Å². The summed E-state index contributed by atoms with van der Waals surface area (Å²) >= 11 is 6.32. The molecular formula is C19H25ClN4O2. The third kappa shape index (κ3) is 4.69. The predicted molar refractivity (Wildman–Crippen MR) is 103 cm³/mol. The molecule has 7 heteroatoms. The first-order valence-electron chi connectivity index (χ1n) is 9.07. The van der Waals surface area contributed by atoms with Crippen molar-refractivity contribution in [2.75, 3.05) is 32.8 Å². The summed E-state index contributed by atoms with van der Waals surface area (Å²) in [5.74, 6) is 0.845. The van der Waals surface area contributed by atoms with E-state index in [0.29, 0.717) is 35.4 Å². The minimum Gasteiger partial charge on any atom is -0.379 e. The Morgan fingerprint density at radius 2 is 1.92 bits per heavy atom. The van der Waals surface area contributed by atoms with Gasteiger partial charge in [-0.15, -0.1) is 5.10 Å². The van der Waals surface area contributed by atoms with Crippen LogP contribution in [-0.2, 0) is 17.7 Å². The van der Waals surface area contributed by atoms with Crippen LogP contribution in [0.5, 0.6) is 0 Å². The maximum atomic E-state index is 12.8. The molecule has 0 N–H and O–H groups in total. The minimum atomic E-state index is -0.109. The molecule has 2 aromatic rings. The van der Waals surface area contributed by atoms with Gasteiger partial charge in [0.2, 0.25) is 0 Å². The lowest BCUT2D eigenvalue weighted by atomic mass is 10.1. The molecule has 0 bridgehead atoms. The van der Waals surface area contributed by atoms with Gasteiger partial charge in [0.25, 0.3) is 5.56 Å². The van der Waals surface area contributed by atoms with Crippen molar-refractivity contribution >= 4 is 11.6 Å². The number of aromatic nitrogens is 3. The Labute approximate surface area is 158 Å². The number of hydrogen-bond donors (Lipinski definition) is 0. The van der Waals surface area contributed by atoms with Crippen molar-refractivity contribution < 1.29 is 4.74 Å². The van der Waals surface area contributed by atoms with E-state index in [4.69, 9.17) is 16.3 Å². The summed E-state index contributed by atoms with van der Waals surface area (Å²) in [6, 6.07) is 7.46. The SMILES string of the molecule is CC(C)Cc1nc(-c2ccccc2Cl)nn(CCN2CCOCC2)c1=O. The molecule has 1 saturated heterocycles. The summed E-state index contributed by atoms with van der Waals surface area (Å²) in [7, 11) is 0. The van der Waals surface area contributed by atoms with Gasteiger partial charge in [-0.1, -0.05) is 37.6 Å². The molecule has 0 atom stereocenters. The molecule has 140 valence electrons. The Morgan fingerprint density at radius 3 is 2.62 bits per heavy atom. The summed E-state index contributed by atoms with van der Waals surface area (Å²) in [5.41, 5.74) is 1.19. The normalized spacial score (nSPS) is 15.5. The van der Waals surface area contributed by atoms with Crippen LogP contribution in [-0.4, -0.2) is 52.5 Å². The van der Waals surface area contributed by atoms with Gasteiger partial charge < -0.3 is 4.74 Å². The zero-order chi connectivity index (χ0) is 18.5. The summed E-state index contributed by atoms with van der Waals surface area (Å²) in [4.78, 5) is 19.6. The van der Waals surface area contributed by atoms with E-state index >= 15 is 0 Å². The van der Waals surface area contributed by atoms with Crippen LogP contribution in [0.4, 0.5) is 0 Å². The largest absolute Gasteiger partial charge is 0.379 e. The van der Waals surface area contributed by atoms with E-state index in [0.717, 1.165) is 38.4 Å². The average Bonchev–Trinajstić information content (AvgIpc) is 2.63. The van der Waals surface area contributed by atoms with Crippen LogP contribution < -0.4 is 5.56 Å². The van der Waals surface area contributed by atoms with Crippen molar-refractivity contribution in [2.24, 2.45) is 5.92 Å². The second kappa shape index (κ2) is 8.75. The molecule has 0 spiro atoms. The van der Waals surface area contributed by atoms with Crippen molar-refractivity contribution in [1.82, 2.24) is 19.7 Å². The first-order valence-corrected chi connectivity index (χ1v) is 9.45. The van der Waals surface area contributed by atoms with E-state index in [9.17, 15) is 4.79 Å². The van der Waals surface area contributed by atoms with Gasteiger partial charge in [-0.25, -0.2) is 9.67 Å². The maximum Gasteiger partial charge on any atom is 0.288 e. The Hall–Kier alpha value is -1.76. The zero-order valence-electron chi connectivity index (χ0n) is 15.3. The van der Waals surface area contributed by atoms with Crippen LogP contribution in [0.25, 0.3) is 11.4 Å². The molecule has 1 fully saturated rings. The van der Waals surface area contributed by atoms with Gasteiger partial charge in [0.15, 0.2) is 5.82 Å². The van der Waals surface area contributed by atoms with E-state index < -0.39 is 0 Å². The second-order valence-electron chi connectivity index (χ2n) is 6.94. The fourth-order valence-corrected chi connectivity index (χ4v) is 3.22. The summed E-state index contributed by atoms with van der Waals surface area (Å²) in [5, 5.41) is 5.09. The number of ether oxygens (including phenoxy) is 1. The molecule has 1 aliphatic rings. The van der Waals surface area contributed by atoms with Gasteiger partial charge >= 0.3 is 0 Å². The number of benzene rings is 1. The molecule has 0 amide bonds. The number of hydrogen-bond acceptors (Lipinski definition) is 5. The molecule has 6 nitrogen and oxygen atoms in total. The van der Waals surface area contributed by atoms with Crippen molar-refractivity contribution in [2.45, 2.75) is 26.8 Å². The molecule has 0 aliphatic carbocycles. The van der Waals surface area contributed by atoms with Crippen LogP contribution in [0.3, 0.4) is 0 Å². The van der Waals surface area contributed by atoms with Crippen LogP contribution in [0.2, 0.25) is 5.02 Å². The highest BCUT2D eigenvalue weighted by Gasteiger charge is 2.16. The minimum absolute atomic E-state index is 0.109. The summed E-state index contributed by atoms with van der Waals surface area (Å²) in [6.07, 6.45) is 0.621. The second-order valence-corrected chi connectivity index (χ2v) is 7.35. The fraction of sp³-hybridized carbons (Fsp3) is 0.526. The number of nitrogens with zero attached hydrogens (tertiary/aromatic N) is 4. The molecule has 0 saturated carbocycles. The molecule has 1 aliphatic heterocycles. The average molecular weight is 377 g/mol. The van der Waals surface area contributed by atoms with E-state index in [-0.39, 0.29) is 5.56 Å². The first-order chi connectivity index (χ1) is 12.5. The highest BCUT2D eigenvalue weighted by Crippen LogP contribution is 2.24. The molecule has 26 heavy (non-hydrogen) atoms. The van der Waals surface area contributed by atoms with Crippen molar-refractivity contribution in [3.05, 3.63) is 45.3 Å². The van der Waals surface area contributed by atoms with E-state index in [1.54, 1.807) is 4.68 Å². The molecule has 1 aromatic heterocycles. The van der Waals surface area contributed by atoms with E-state index in [2.05, 4.69) is 28.8 Å². The monoisotopic (exact) mass is 376 g/mol. The van der Waals surface area contributed by atoms with E-state index in [1.165, 1.54) is 0 Å². The quantitative estimate of drug-likeness (QED) is 0.775. The van der Waals surface area contributed by atoms with Gasteiger partial charge in [0, 0.05) is 25.2 Å². The van der Waals surface area contributed by atoms with Crippen LogP contribution >= 0.6 is 11.6 Å². The lowest BCUT2D eigenvalue weighted by Crippen LogP contribution is -2.40. The Kier molecular flexibility index (Phi) is 6.40. The van der Waals surface area contributed by atoms with Gasteiger partial charge in [-0.3, -0.25) is 9.69 Å². The van der Waals surface area contributed by atoms with Gasteiger partial charge in [0.05, 0.1) is 24.8 Å². The summed E-state index contributed by atoms with van der Waals surface area (Å²) in [6.45, 7) is 8.70. The number of halogens is 1. The third-order valence-corrected chi connectivity index (χ3v) is 4.72.